The van der Waals surface area contributed by atoms with E-state index in [1.54, 1.807) is 0 Å². The topological polar surface area (TPSA) is 57.5 Å². The molecule has 0 unspecified atom stereocenters. The first-order valence-corrected chi connectivity index (χ1v) is 8.26. The van der Waals surface area contributed by atoms with E-state index in [0.29, 0.717) is 0 Å². The lowest BCUT2D eigenvalue weighted by molar-refractivity contribution is 0.246. The molecule has 1 aromatic carbocycles. The van der Waals surface area contributed by atoms with E-state index in [0.717, 1.165) is 20.8 Å². The van der Waals surface area contributed by atoms with E-state index in [2.05, 4.69) is 89.8 Å². The van der Waals surface area contributed by atoms with Crippen molar-refractivity contribution < 1.29 is 0 Å². The van der Waals surface area contributed by atoms with E-state index in [1.807, 2.05) is 15.9 Å². The molecule has 22 heavy (non-hydrogen) atoms. The molecule has 0 aliphatic carbocycles. The van der Waals surface area contributed by atoms with Crippen molar-refractivity contribution in [2.45, 2.75) is 33.7 Å². The normalized spacial score (nSPS) is 14.5. The van der Waals surface area contributed by atoms with E-state index in [1.165, 1.54) is 11.1 Å². The summed E-state index contributed by atoms with van der Waals surface area (Å²) >= 11 is 2.33. The highest BCUT2D eigenvalue weighted by atomic mass is 127. The summed E-state index contributed by atoms with van der Waals surface area (Å²) < 4.78 is 3.03. The highest BCUT2D eigenvalue weighted by Gasteiger charge is 2.26. The van der Waals surface area contributed by atoms with Gasteiger partial charge in [-0.15, -0.1) is 10.6 Å². The molecule has 1 aromatic heterocycles. The first kappa shape index (κ1) is 15.3. The summed E-state index contributed by atoms with van der Waals surface area (Å²) in [5, 5.41) is 10.9. The van der Waals surface area contributed by atoms with Gasteiger partial charge >= 0.3 is 0 Å². The van der Waals surface area contributed by atoms with Gasteiger partial charge in [0, 0.05) is 6.04 Å². The number of halogens is 1. The summed E-state index contributed by atoms with van der Waals surface area (Å²) in [6, 6.07) is 6.57. The molecule has 3 rings (SSSR count). The van der Waals surface area contributed by atoms with Crippen molar-refractivity contribution >= 4 is 28.4 Å². The van der Waals surface area contributed by atoms with Crippen molar-refractivity contribution in [2.24, 2.45) is 5.10 Å². The molecule has 1 aliphatic rings. The zero-order chi connectivity index (χ0) is 15.9. The van der Waals surface area contributed by atoms with Gasteiger partial charge in [-0.1, -0.05) is 18.2 Å². The van der Waals surface area contributed by atoms with Crippen LogP contribution in [0.15, 0.2) is 29.5 Å². The predicted molar refractivity (Wildman–Crippen MR) is 95.5 cm³/mol. The Morgan fingerprint density at radius 2 is 1.86 bits per heavy atom. The van der Waals surface area contributed by atoms with Crippen LogP contribution in [0.25, 0.3) is 5.69 Å². The Bertz CT molecular complexity index is 713. The Morgan fingerprint density at radius 1 is 1.18 bits per heavy atom. The fraction of sp³-hybridized carbons (Fsp3) is 0.333. The number of rotatable bonds is 3. The van der Waals surface area contributed by atoms with E-state index in [9.17, 15) is 0 Å². The molecule has 0 amide bonds. The van der Waals surface area contributed by atoms with Gasteiger partial charge in [-0.25, -0.2) is 10.2 Å². The Kier molecular flexibility index (Phi) is 4.09. The highest BCUT2D eigenvalue weighted by Crippen LogP contribution is 2.24. The third-order valence-corrected chi connectivity index (χ3v) is 4.72. The van der Waals surface area contributed by atoms with Crippen LogP contribution in [0.4, 0.5) is 0 Å². The Labute approximate surface area is 143 Å². The largest absolute Gasteiger partial charge is 0.268 e. The summed E-state index contributed by atoms with van der Waals surface area (Å²) in [5.41, 5.74) is 10.4. The van der Waals surface area contributed by atoms with Crippen molar-refractivity contribution in [1.82, 2.24) is 25.9 Å². The Hall–Kier alpha value is -1.61. The SMILES string of the molecule is Cc1cccc(C)c1-n1ncc(C2=NNNN2C(C)C)c1I. The fourth-order valence-corrected chi connectivity index (χ4v) is 3.33. The van der Waals surface area contributed by atoms with Gasteiger partial charge in [0.1, 0.15) is 3.70 Å². The third kappa shape index (κ3) is 2.48. The number of hydrazine groups is 2. The third-order valence-electron chi connectivity index (χ3n) is 3.68. The Balaban J connectivity index is 2.07. The average molecular weight is 410 g/mol. The lowest BCUT2D eigenvalue weighted by atomic mass is 10.1. The summed E-state index contributed by atoms with van der Waals surface area (Å²) in [5.74, 6) is 0.858. The summed E-state index contributed by atoms with van der Waals surface area (Å²) in [6.07, 6.45) is 1.87. The monoisotopic (exact) mass is 410 g/mol. The van der Waals surface area contributed by atoms with Gasteiger partial charge < -0.3 is 0 Å². The van der Waals surface area contributed by atoms with Crippen LogP contribution in [0.2, 0.25) is 0 Å². The molecule has 2 N–H and O–H groups in total. The minimum atomic E-state index is 0.285. The number of hydrogen-bond acceptors (Lipinski definition) is 5. The van der Waals surface area contributed by atoms with Gasteiger partial charge in [0.25, 0.3) is 0 Å². The number of nitrogens with one attached hydrogen (secondary N) is 2. The minimum absolute atomic E-state index is 0.285. The van der Waals surface area contributed by atoms with Gasteiger partial charge in [-0.3, -0.25) is 5.01 Å². The van der Waals surface area contributed by atoms with Crippen molar-refractivity contribution in [1.29, 1.82) is 0 Å². The van der Waals surface area contributed by atoms with Crippen LogP contribution in [-0.4, -0.2) is 26.7 Å². The molecule has 7 heteroatoms. The van der Waals surface area contributed by atoms with Gasteiger partial charge in [0.2, 0.25) is 0 Å². The number of hydrazone groups is 1. The number of amidine groups is 1. The van der Waals surface area contributed by atoms with Crippen molar-refractivity contribution in [3.63, 3.8) is 0 Å². The summed E-state index contributed by atoms with van der Waals surface area (Å²) in [7, 11) is 0. The van der Waals surface area contributed by atoms with Crippen LogP contribution >= 0.6 is 22.6 Å². The van der Waals surface area contributed by atoms with E-state index in [-0.39, 0.29) is 6.04 Å². The first-order chi connectivity index (χ1) is 10.5. The quantitative estimate of drug-likeness (QED) is 0.764. The maximum Gasteiger partial charge on any atom is 0.177 e. The van der Waals surface area contributed by atoms with Crippen molar-refractivity contribution in [2.75, 3.05) is 0 Å². The lowest BCUT2D eigenvalue weighted by Crippen LogP contribution is -2.45. The van der Waals surface area contributed by atoms with Crippen LogP contribution in [0.1, 0.15) is 30.5 Å². The molecular weight excluding hydrogens is 391 g/mol. The second-order valence-corrected chi connectivity index (χ2v) is 6.65. The maximum atomic E-state index is 4.59. The molecule has 0 saturated heterocycles. The lowest BCUT2D eigenvalue weighted by Gasteiger charge is -2.22. The zero-order valence-corrected chi connectivity index (χ0v) is 15.2. The number of para-hydroxylation sites is 1. The molecule has 1 aliphatic heterocycles. The number of hydrogen-bond donors (Lipinski definition) is 2. The molecule has 0 bridgehead atoms. The molecule has 0 radical (unpaired) electrons. The second kappa shape index (κ2) is 5.88. The van der Waals surface area contributed by atoms with Crippen LogP contribution in [-0.2, 0) is 0 Å². The molecule has 6 nitrogen and oxygen atoms in total. The molecule has 2 aromatic rings. The number of aryl methyl sites for hydroxylation is 2. The predicted octanol–water partition coefficient (Wildman–Crippen LogP) is 2.49. The molecule has 2 heterocycles. The zero-order valence-electron chi connectivity index (χ0n) is 13.1. The Morgan fingerprint density at radius 3 is 2.50 bits per heavy atom. The number of aromatic nitrogens is 2. The first-order valence-electron chi connectivity index (χ1n) is 7.18. The summed E-state index contributed by atoms with van der Waals surface area (Å²) in [6.45, 7) is 8.43. The van der Waals surface area contributed by atoms with Crippen LogP contribution in [0, 0.1) is 17.5 Å². The number of benzene rings is 1. The minimum Gasteiger partial charge on any atom is -0.268 e. The average Bonchev–Trinajstić information content (AvgIpc) is 3.06. The van der Waals surface area contributed by atoms with Crippen LogP contribution in [0.3, 0.4) is 0 Å². The number of nitrogens with zero attached hydrogens (tertiary/aromatic N) is 4. The van der Waals surface area contributed by atoms with E-state index in [4.69, 9.17) is 0 Å². The second-order valence-electron chi connectivity index (χ2n) is 5.62. The molecule has 0 atom stereocenters. The summed E-state index contributed by atoms with van der Waals surface area (Å²) in [4.78, 5) is 0. The highest BCUT2D eigenvalue weighted by molar-refractivity contribution is 14.1. The molecule has 0 saturated carbocycles. The van der Waals surface area contributed by atoms with Gasteiger partial charge in [-0.2, -0.15) is 5.10 Å². The van der Waals surface area contributed by atoms with Gasteiger partial charge in [0.15, 0.2) is 5.84 Å². The maximum absolute atomic E-state index is 4.59. The van der Waals surface area contributed by atoms with Crippen LogP contribution < -0.4 is 11.1 Å². The van der Waals surface area contributed by atoms with E-state index < -0.39 is 0 Å². The fourth-order valence-electron chi connectivity index (χ4n) is 2.58. The smallest absolute Gasteiger partial charge is 0.177 e. The molecule has 0 fully saturated rings. The van der Waals surface area contributed by atoms with E-state index >= 15 is 0 Å². The van der Waals surface area contributed by atoms with Gasteiger partial charge in [-0.05, 0) is 61.4 Å². The molecular formula is C15H19IN6. The van der Waals surface area contributed by atoms with Gasteiger partial charge in [0.05, 0.1) is 17.4 Å². The van der Waals surface area contributed by atoms with Crippen molar-refractivity contribution in [3.8, 4) is 5.69 Å². The van der Waals surface area contributed by atoms with Crippen LogP contribution in [0.5, 0.6) is 0 Å². The standard InChI is InChI=1S/C15H19IN6/c1-9(2)21-15(18-19-20-21)12-8-17-22(14(12)16)13-10(3)6-5-7-11(13)4/h5-9,19-20H,1-4H3. The molecule has 0 spiro atoms. The van der Waals surface area contributed by atoms with Crippen molar-refractivity contribution in [3.05, 3.63) is 44.8 Å². The molecule has 116 valence electrons.